The highest BCUT2D eigenvalue weighted by atomic mass is 35.5. The quantitative estimate of drug-likeness (QED) is 0.175. The maximum absolute atomic E-state index is 13.3. The summed E-state index contributed by atoms with van der Waals surface area (Å²) in [4.78, 5) is 16.8. The van der Waals surface area contributed by atoms with E-state index in [2.05, 4.69) is 15.5 Å². The van der Waals surface area contributed by atoms with Gasteiger partial charge in [0.2, 0.25) is 0 Å². The van der Waals surface area contributed by atoms with E-state index >= 15 is 0 Å². The third-order valence-corrected chi connectivity index (χ3v) is 7.57. The van der Waals surface area contributed by atoms with Gasteiger partial charge in [-0.1, -0.05) is 35.9 Å². The lowest BCUT2D eigenvalue weighted by atomic mass is 10.1. The highest BCUT2D eigenvalue weighted by Gasteiger charge is 2.33. The van der Waals surface area contributed by atoms with Crippen molar-refractivity contribution in [2.75, 3.05) is 18.0 Å². The molecule has 39 heavy (non-hydrogen) atoms. The predicted octanol–water partition coefficient (Wildman–Crippen LogP) is 5.26. The number of ether oxygens (including phenoxy) is 1. The number of sulfonamides is 1. The number of fused-ring (bicyclic) bond motifs is 1. The minimum Gasteiger partial charge on any atom is -0.497 e. The molecule has 0 bridgehead atoms. The largest absolute Gasteiger partial charge is 0.497 e. The monoisotopic (exact) mass is 576 g/mol. The third-order valence-electron chi connectivity index (χ3n) is 5.48. The molecule has 0 saturated carbocycles. The molecule has 0 spiro atoms. The van der Waals surface area contributed by atoms with Crippen LogP contribution in [-0.2, 0) is 21.0 Å². The lowest BCUT2D eigenvalue weighted by Gasteiger charge is -2.24. The van der Waals surface area contributed by atoms with Crippen LogP contribution in [0.2, 0.25) is 5.15 Å². The van der Waals surface area contributed by atoms with Crippen LogP contribution in [0.1, 0.15) is 11.1 Å². The molecule has 0 unspecified atom stereocenters. The Morgan fingerprint density at radius 1 is 1.08 bits per heavy atom. The normalized spacial score (nSPS) is 12.0. The standard InChI is InChI=1S/C26H20ClF3N4O4S/c1-38-21-11-10-17-12-18(25(27)32-23(17)14-21)15-31-33-24(35)16-34(39(36,37)22-8-3-2-4-9-22)20-7-5-6-19(13-20)26(28,29)30/h2-15H,16H2,1H3,(H,33,35)/b31-15-. The summed E-state index contributed by atoms with van der Waals surface area (Å²) in [6.45, 7) is -0.848. The number of benzene rings is 3. The zero-order valence-electron chi connectivity index (χ0n) is 20.2. The van der Waals surface area contributed by atoms with Gasteiger partial charge in [-0.3, -0.25) is 9.10 Å². The van der Waals surface area contributed by atoms with Crippen LogP contribution in [0.4, 0.5) is 18.9 Å². The Balaban J connectivity index is 1.59. The van der Waals surface area contributed by atoms with Crippen molar-refractivity contribution >= 4 is 50.3 Å². The highest BCUT2D eigenvalue weighted by molar-refractivity contribution is 7.92. The van der Waals surface area contributed by atoms with Crippen LogP contribution >= 0.6 is 11.6 Å². The summed E-state index contributed by atoms with van der Waals surface area (Å²) in [5.41, 5.74) is 1.71. The summed E-state index contributed by atoms with van der Waals surface area (Å²) in [6.07, 6.45) is -3.50. The first-order valence-electron chi connectivity index (χ1n) is 11.2. The summed E-state index contributed by atoms with van der Waals surface area (Å²) in [5.74, 6) is -0.312. The van der Waals surface area contributed by atoms with E-state index in [0.717, 1.165) is 17.5 Å². The van der Waals surface area contributed by atoms with Crippen LogP contribution in [0, 0.1) is 0 Å². The smallest absolute Gasteiger partial charge is 0.416 e. The van der Waals surface area contributed by atoms with Gasteiger partial charge in [-0.2, -0.15) is 18.3 Å². The van der Waals surface area contributed by atoms with E-state index in [1.807, 2.05) is 0 Å². The van der Waals surface area contributed by atoms with Crippen molar-refractivity contribution in [1.29, 1.82) is 0 Å². The molecule has 0 aliphatic heterocycles. The minimum atomic E-state index is -4.72. The molecular weight excluding hydrogens is 557 g/mol. The van der Waals surface area contributed by atoms with Gasteiger partial charge in [0.25, 0.3) is 15.9 Å². The highest BCUT2D eigenvalue weighted by Crippen LogP contribution is 2.33. The molecule has 8 nitrogen and oxygen atoms in total. The number of hydrogen-bond acceptors (Lipinski definition) is 6. The fraction of sp³-hybridized carbons (Fsp3) is 0.115. The maximum atomic E-state index is 13.3. The first-order chi connectivity index (χ1) is 18.5. The molecule has 1 amide bonds. The van der Waals surface area contributed by atoms with Crippen LogP contribution in [-0.4, -0.2) is 39.2 Å². The van der Waals surface area contributed by atoms with Crippen molar-refractivity contribution in [3.8, 4) is 5.75 Å². The van der Waals surface area contributed by atoms with E-state index in [-0.39, 0.29) is 15.7 Å². The topological polar surface area (TPSA) is 101 Å². The number of nitrogens with one attached hydrogen (secondary N) is 1. The molecule has 1 heterocycles. The Bertz CT molecular complexity index is 1650. The van der Waals surface area contributed by atoms with Gasteiger partial charge in [0.15, 0.2) is 0 Å². The van der Waals surface area contributed by atoms with Gasteiger partial charge in [-0.05, 0) is 48.5 Å². The Labute approximate surface area is 226 Å². The zero-order chi connectivity index (χ0) is 28.2. The Hall–Kier alpha value is -4.16. The molecule has 0 aliphatic rings. The number of aromatic nitrogens is 1. The summed E-state index contributed by atoms with van der Waals surface area (Å²) in [5, 5.41) is 4.64. The summed E-state index contributed by atoms with van der Waals surface area (Å²) < 4.78 is 72.4. The van der Waals surface area contributed by atoms with Crippen molar-refractivity contribution in [3.63, 3.8) is 0 Å². The number of hydrogen-bond donors (Lipinski definition) is 1. The average molecular weight is 577 g/mol. The first kappa shape index (κ1) is 27.9. The number of pyridine rings is 1. The van der Waals surface area contributed by atoms with E-state index in [9.17, 15) is 26.4 Å². The number of methoxy groups -OCH3 is 1. The van der Waals surface area contributed by atoms with Gasteiger partial charge in [-0.15, -0.1) is 0 Å². The molecule has 3 aromatic carbocycles. The van der Waals surface area contributed by atoms with E-state index in [0.29, 0.717) is 27.2 Å². The molecule has 0 saturated heterocycles. The molecule has 4 rings (SSSR count). The predicted molar refractivity (Wildman–Crippen MR) is 141 cm³/mol. The average Bonchev–Trinajstić information content (AvgIpc) is 2.91. The number of carbonyl (C=O) groups excluding carboxylic acids is 1. The third kappa shape index (κ3) is 6.47. The molecule has 0 fully saturated rings. The lowest BCUT2D eigenvalue weighted by Crippen LogP contribution is -2.39. The zero-order valence-corrected chi connectivity index (χ0v) is 21.8. The number of carbonyl (C=O) groups is 1. The second-order valence-corrected chi connectivity index (χ2v) is 10.3. The Morgan fingerprint density at radius 2 is 1.82 bits per heavy atom. The minimum absolute atomic E-state index is 0.0889. The number of amides is 1. The second-order valence-electron chi connectivity index (χ2n) is 8.09. The Kier molecular flexibility index (Phi) is 8.07. The van der Waals surface area contributed by atoms with Crippen molar-refractivity contribution in [3.05, 3.63) is 95.1 Å². The number of alkyl halides is 3. The molecule has 0 radical (unpaired) electrons. The molecule has 0 atom stereocenters. The molecule has 1 aromatic heterocycles. The lowest BCUT2D eigenvalue weighted by molar-refractivity contribution is -0.137. The van der Waals surface area contributed by atoms with Crippen LogP contribution in [0.3, 0.4) is 0 Å². The van der Waals surface area contributed by atoms with Crippen molar-refractivity contribution in [1.82, 2.24) is 10.4 Å². The van der Waals surface area contributed by atoms with Gasteiger partial charge < -0.3 is 4.74 Å². The Morgan fingerprint density at radius 3 is 2.51 bits per heavy atom. The molecular formula is C26H20ClF3N4O4S. The maximum Gasteiger partial charge on any atom is 0.416 e. The molecule has 13 heteroatoms. The molecule has 1 N–H and O–H groups in total. The van der Waals surface area contributed by atoms with Crippen LogP contribution in [0.15, 0.2) is 88.9 Å². The summed E-state index contributed by atoms with van der Waals surface area (Å²) in [7, 11) is -2.89. The van der Waals surface area contributed by atoms with E-state index in [1.165, 1.54) is 43.7 Å². The fourth-order valence-electron chi connectivity index (χ4n) is 3.57. The number of anilines is 1. The summed E-state index contributed by atoms with van der Waals surface area (Å²) in [6, 6.07) is 17.6. The van der Waals surface area contributed by atoms with Crippen molar-refractivity contribution in [2.45, 2.75) is 11.1 Å². The van der Waals surface area contributed by atoms with Crippen molar-refractivity contribution < 1.29 is 31.1 Å². The molecule has 0 aliphatic carbocycles. The number of hydrazone groups is 1. The number of nitrogens with zero attached hydrogens (tertiary/aromatic N) is 3. The second kappa shape index (κ2) is 11.3. The van der Waals surface area contributed by atoms with E-state index in [4.69, 9.17) is 16.3 Å². The van der Waals surface area contributed by atoms with Crippen LogP contribution in [0.25, 0.3) is 10.9 Å². The number of halogens is 4. The van der Waals surface area contributed by atoms with Gasteiger partial charge in [0, 0.05) is 17.0 Å². The molecule has 202 valence electrons. The van der Waals surface area contributed by atoms with Crippen LogP contribution in [0.5, 0.6) is 5.75 Å². The van der Waals surface area contributed by atoms with Crippen molar-refractivity contribution in [2.24, 2.45) is 5.10 Å². The SMILES string of the molecule is COc1ccc2cc(/C=N\NC(=O)CN(c3cccc(C(F)(F)F)c3)S(=O)(=O)c3ccccc3)c(Cl)nc2c1. The van der Waals surface area contributed by atoms with Crippen LogP contribution < -0.4 is 14.5 Å². The fourth-order valence-corrected chi connectivity index (χ4v) is 5.20. The molecule has 4 aromatic rings. The number of rotatable bonds is 8. The van der Waals surface area contributed by atoms with Gasteiger partial charge in [-0.25, -0.2) is 18.8 Å². The van der Waals surface area contributed by atoms with Gasteiger partial charge in [0.05, 0.1) is 35.0 Å². The van der Waals surface area contributed by atoms with Gasteiger partial charge in [0.1, 0.15) is 17.4 Å². The van der Waals surface area contributed by atoms with E-state index < -0.39 is 34.2 Å². The van der Waals surface area contributed by atoms with E-state index in [1.54, 1.807) is 30.3 Å². The first-order valence-corrected chi connectivity index (χ1v) is 13.0. The summed E-state index contributed by atoms with van der Waals surface area (Å²) >= 11 is 6.22. The van der Waals surface area contributed by atoms with Gasteiger partial charge >= 0.3 is 6.18 Å².